The van der Waals surface area contributed by atoms with Crippen molar-refractivity contribution in [3.63, 3.8) is 0 Å². The van der Waals surface area contributed by atoms with Gasteiger partial charge in [0.05, 0.1) is 4.70 Å². The second kappa shape index (κ2) is 4.28. The fourth-order valence-electron chi connectivity index (χ4n) is 2.06. The van der Waals surface area contributed by atoms with Gasteiger partial charge < -0.3 is 4.74 Å². The Balaban J connectivity index is 1.97. The molecule has 0 unspecified atom stereocenters. The van der Waals surface area contributed by atoms with Crippen molar-refractivity contribution in [1.29, 1.82) is 0 Å². The van der Waals surface area contributed by atoms with Gasteiger partial charge in [-0.1, -0.05) is 11.6 Å². The molecule has 3 nitrogen and oxygen atoms in total. The largest absolute Gasteiger partial charge is 0.381 e. The summed E-state index contributed by atoms with van der Waals surface area (Å²) in [5.41, 5.74) is 2.04. The van der Waals surface area contributed by atoms with E-state index in [0.29, 0.717) is 10.4 Å². The Bertz CT molecular complexity index is 508. The van der Waals surface area contributed by atoms with Crippen LogP contribution in [-0.2, 0) is 4.74 Å². The number of hydrogen-bond donors (Lipinski definition) is 0. The van der Waals surface area contributed by atoms with Crippen molar-refractivity contribution in [1.82, 2.24) is 9.97 Å². The van der Waals surface area contributed by atoms with Crippen molar-refractivity contribution < 1.29 is 4.74 Å². The molecule has 1 aliphatic rings. The topological polar surface area (TPSA) is 35.0 Å². The third-order valence-corrected chi connectivity index (χ3v) is 4.03. The van der Waals surface area contributed by atoms with E-state index in [2.05, 4.69) is 16.0 Å². The maximum atomic E-state index is 5.87. The molecule has 0 amide bonds. The zero-order chi connectivity index (χ0) is 11.0. The Morgan fingerprint density at radius 1 is 1.38 bits per heavy atom. The van der Waals surface area contributed by atoms with Crippen LogP contribution in [-0.4, -0.2) is 23.2 Å². The van der Waals surface area contributed by atoms with Crippen LogP contribution in [0.15, 0.2) is 12.3 Å². The van der Waals surface area contributed by atoms with Gasteiger partial charge >= 0.3 is 0 Å². The molecule has 2 aromatic heterocycles. The van der Waals surface area contributed by atoms with E-state index in [1.54, 1.807) is 0 Å². The molecule has 3 heterocycles. The Labute approximate surface area is 102 Å². The Morgan fingerprint density at radius 2 is 2.19 bits per heavy atom. The molecular formula is C11H11ClN2OS. The molecule has 0 aromatic carbocycles. The lowest BCUT2D eigenvalue weighted by molar-refractivity contribution is 0.0853. The molecular weight excluding hydrogens is 244 g/mol. The second-order valence-electron chi connectivity index (χ2n) is 3.94. The summed E-state index contributed by atoms with van der Waals surface area (Å²) in [5.74, 6) is 0.575. The van der Waals surface area contributed by atoms with Gasteiger partial charge in [-0.2, -0.15) is 0 Å². The monoisotopic (exact) mass is 254 g/mol. The summed E-state index contributed by atoms with van der Waals surface area (Å²) in [6.45, 7) is 1.71. The van der Waals surface area contributed by atoms with Crippen LogP contribution in [0, 0.1) is 0 Å². The van der Waals surface area contributed by atoms with Crippen LogP contribution in [0.5, 0.6) is 0 Å². The van der Waals surface area contributed by atoms with Crippen LogP contribution in [0.25, 0.3) is 10.3 Å². The molecule has 3 rings (SSSR count). The van der Waals surface area contributed by atoms with Crippen LogP contribution in [0.1, 0.15) is 24.3 Å². The molecule has 1 aliphatic heterocycles. The highest BCUT2D eigenvalue weighted by molar-refractivity contribution is 7.22. The maximum Gasteiger partial charge on any atom is 0.186 e. The van der Waals surface area contributed by atoms with Crippen molar-refractivity contribution in [2.75, 3.05) is 13.2 Å². The number of aromatic nitrogens is 2. The first-order chi connectivity index (χ1) is 7.83. The number of thiazole rings is 1. The van der Waals surface area contributed by atoms with Crippen LogP contribution < -0.4 is 0 Å². The second-order valence-corrected chi connectivity index (χ2v) is 5.56. The van der Waals surface area contributed by atoms with E-state index in [0.717, 1.165) is 36.4 Å². The summed E-state index contributed by atoms with van der Waals surface area (Å²) in [6, 6.07) is 2.17. The minimum atomic E-state index is 0.562. The number of halogens is 1. The molecule has 0 radical (unpaired) electrons. The van der Waals surface area contributed by atoms with Gasteiger partial charge in [-0.05, 0) is 30.4 Å². The van der Waals surface area contributed by atoms with E-state index in [-0.39, 0.29) is 0 Å². The van der Waals surface area contributed by atoms with E-state index >= 15 is 0 Å². The molecule has 1 fully saturated rings. The highest BCUT2D eigenvalue weighted by Gasteiger charge is 2.17. The first-order valence-electron chi connectivity index (χ1n) is 5.32. The number of pyridine rings is 1. The highest BCUT2D eigenvalue weighted by Crippen LogP contribution is 2.31. The summed E-state index contributed by atoms with van der Waals surface area (Å²) in [5, 5.41) is 0. The number of ether oxygens (including phenoxy) is 1. The average Bonchev–Trinajstić information content (AvgIpc) is 2.69. The van der Waals surface area contributed by atoms with Crippen molar-refractivity contribution >= 4 is 33.3 Å². The van der Waals surface area contributed by atoms with Crippen molar-refractivity contribution in [2.24, 2.45) is 0 Å². The van der Waals surface area contributed by atoms with Crippen LogP contribution in [0.4, 0.5) is 0 Å². The average molecular weight is 255 g/mol. The Kier molecular flexibility index (Phi) is 2.79. The molecule has 0 bridgehead atoms. The fourth-order valence-corrected chi connectivity index (χ4v) is 3.09. The summed E-state index contributed by atoms with van der Waals surface area (Å²) >= 11 is 7.36. The number of rotatable bonds is 1. The van der Waals surface area contributed by atoms with E-state index in [9.17, 15) is 0 Å². The number of nitrogens with zero attached hydrogens (tertiary/aromatic N) is 2. The number of hydrogen-bond acceptors (Lipinski definition) is 4. The maximum absolute atomic E-state index is 5.87. The van der Waals surface area contributed by atoms with E-state index < -0.39 is 0 Å². The SMILES string of the molecule is Clc1nc2ncc(C3CCOCC3)cc2s1. The van der Waals surface area contributed by atoms with E-state index in [1.165, 1.54) is 16.9 Å². The van der Waals surface area contributed by atoms with Gasteiger partial charge in [0.2, 0.25) is 0 Å². The molecule has 0 aliphatic carbocycles. The van der Waals surface area contributed by atoms with Gasteiger partial charge in [0.15, 0.2) is 10.1 Å². The van der Waals surface area contributed by atoms with E-state index in [4.69, 9.17) is 16.3 Å². The van der Waals surface area contributed by atoms with Crippen molar-refractivity contribution in [2.45, 2.75) is 18.8 Å². The minimum absolute atomic E-state index is 0.562. The smallest absolute Gasteiger partial charge is 0.186 e. The molecule has 84 valence electrons. The third-order valence-electron chi connectivity index (χ3n) is 2.93. The minimum Gasteiger partial charge on any atom is -0.381 e. The fraction of sp³-hybridized carbons (Fsp3) is 0.455. The quantitative estimate of drug-likeness (QED) is 0.784. The third kappa shape index (κ3) is 1.93. The Morgan fingerprint density at radius 3 is 3.00 bits per heavy atom. The highest BCUT2D eigenvalue weighted by atomic mass is 35.5. The van der Waals surface area contributed by atoms with Gasteiger partial charge in [-0.25, -0.2) is 9.97 Å². The van der Waals surface area contributed by atoms with Gasteiger partial charge in [-0.3, -0.25) is 0 Å². The lowest BCUT2D eigenvalue weighted by Gasteiger charge is -2.21. The van der Waals surface area contributed by atoms with Gasteiger partial charge in [-0.15, -0.1) is 11.3 Å². The van der Waals surface area contributed by atoms with Gasteiger partial charge in [0, 0.05) is 19.4 Å². The molecule has 0 N–H and O–H groups in total. The first kappa shape index (κ1) is 10.4. The number of fused-ring (bicyclic) bond motifs is 1. The van der Waals surface area contributed by atoms with Crippen molar-refractivity contribution in [3.05, 3.63) is 22.3 Å². The molecule has 5 heteroatoms. The lowest BCUT2D eigenvalue weighted by Crippen LogP contribution is -2.14. The lowest BCUT2D eigenvalue weighted by atomic mass is 9.93. The predicted octanol–water partition coefficient (Wildman–Crippen LogP) is 3.24. The first-order valence-corrected chi connectivity index (χ1v) is 6.52. The zero-order valence-electron chi connectivity index (χ0n) is 8.65. The molecule has 0 saturated carbocycles. The molecule has 0 atom stereocenters. The van der Waals surface area contributed by atoms with E-state index in [1.807, 2.05) is 6.20 Å². The van der Waals surface area contributed by atoms with Crippen molar-refractivity contribution in [3.8, 4) is 0 Å². The van der Waals surface area contributed by atoms with Gasteiger partial charge in [0.25, 0.3) is 0 Å². The predicted molar refractivity (Wildman–Crippen MR) is 65.2 cm³/mol. The summed E-state index contributed by atoms with van der Waals surface area (Å²) in [6.07, 6.45) is 4.09. The van der Waals surface area contributed by atoms with Crippen LogP contribution >= 0.6 is 22.9 Å². The molecule has 16 heavy (non-hydrogen) atoms. The normalized spacial score (nSPS) is 18.1. The zero-order valence-corrected chi connectivity index (χ0v) is 10.2. The van der Waals surface area contributed by atoms with Gasteiger partial charge in [0.1, 0.15) is 0 Å². The summed E-state index contributed by atoms with van der Waals surface area (Å²) in [7, 11) is 0. The standard InChI is InChI=1S/C11H11ClN2OS/c12-11-14-10-9(16-11)5-8(6-13-10)7-1-3-15-4-2-7/h5-7H,1-4H2. The van der Waals surface area contributed by atoms with Crippen LogP contribution in [0.2, 0.25) is 4.47 Å². The van der Waals surface area contributed by atoms with Crippen LogP contribution in [0.3, 0.4) is 0 Å². The molecule has 2 aromatic rings. The Hall–Kier alpha value is -0.710. The summed E-state index contributed by atoms with van der Waals surface area (Å²) in [4.78, 5) is 8.50. The molecule has 0 spiro atoms. The molecule has 1 saturated heterocycles. The summed E-state index contributed by atoms with van der Waals surface area (Å²) < 4.78 is 7.00.